The molecule has 1 fully saturated rings. The summed E-state index contributed by atoms with van der Waals surface area (Å²) in [5.74, 6) is 3.64. The Kier molecular flexibility index (Phi) is 8.87. The molecule has 6 rings (SSSR count). The van der Waals surface area contributed by atoms with Gasteiger partial charge >= 0.3 is 0 Å². The molecule has 4 heteroatoms. The molecule has 1 aromatic rings. The second-order valence-electron chi connectivity index (χ2n) is 15.5. The Morgan fingerprint density at radius 3 is 2.36 bits per heavy atom. The number of aryl methyl sites for hydroxylation is 1. The number of fused-ring (bicyclic) bond motifs is 6. The van der Waals surface area contributed by atoms with Crippen molar-refractivity contribution in [3.05, 3.63) is 70.0 Å². The summed E-state index contributed by atoms with van der Waals surface area (Å²) >= 11 is 0. The SMILES string of the molecule is CCCCCc1cc(O)c2c(c1)OC(C)(CCCCC1=CC(O)C3C(=C1)OC(C)(C)[C@@H]1CCC(C)=C[C@@H]31)[C@@H]1CCC(C)=C[C@@H]21. The summed E-state index contributed by atoms with van der Waals surface area (Å²) in [6.07, 6.45) is 21.7. The van der Waals surface area contributed by atoms with Crippen molar-refractivity contribution in [1.29, 1.82) is 0 Å². The minimum Gasteiger partial charge on any atom is -0.507 e. The van der Waals surface area contributed by atoms with Crippen molar-refractivity contribution in [2.75, 3.05) is 0 Å². The zero-order valence-corrected chi connectivity index (χ0v) is 28.1. The molecule has 2 aliphatic heterocycles. The van der Waals surface area contributed by atoms with Crippen LogP contribution in [-0.4, -0.2) is 27.5 Å². The molecule has 5 aliphatic rings. The van der Waals surface area contributed by atoms with Gasteiger partial charge in [0.1, 0.15) is 28.5 Å². The van der Waals surface area contributed by atoms with E-state index in [9.17, 15) is 10.2 Å². The van der Waals surface area contributed by atoms with E-state index in [0.29, 0.717) is 23.5 Å². The Morgan fingerprint density at radius 2 is 1.59 bits per heavy atom. The molecule has 3 aliphatic carbocycles. The lowest BCUT2D eigenvalue weighted by atomic mass is 9.63. The second-order valence-corrected chi connectivity index (χ2v) is 15.5. The Bertz CT molecular complexity index is 1360. The van der Waals surface area contributed by atoms with E-state index in [1.807, 2.05) is 6.07 Å². The number of rotatable bonds is 9. The van der Waals surface area contributed by atoms with Gasteiger partial charge in [-0.3, -0.25) is 0 Å². The molecule has 2 heterocycles. The van der Waals surface area contributed by atoms with Crippen LogP contribution in [0.1, 0.15) is 129 Å². The molecule has 0 aromatic heterocycles. The molecule has 0 radical (unpaired) electrons. The van der Waals surface area contributed by atoms with Crippen molar-refractivity contribution in [2.24, 2.45) is 23.7 Å². The number of aliphatic hydroxyl groups is 1. The van der Waals surface area contributed by atoms with Crippen LogP contribution in [0, 0.1) is 23.7 Å². The Morgan fingerprint density at radius 1 is 0.864 bits per heavy atom. The molecule has 7 atom stereocenters. The molecule has 4 nitrogen and oxygen atoms in total. The van der Waals surface area contributed by atoms with Crippen molar-refractivity contribution >= 4 is 0 Å². The molecule has 2 N–H and O–H groups in total. The number of hydrogen-bond acceptors (Lipinski definition) is 4. The van der Waals surface area contributed by atoms with Gasteiger partial charge in [0, 0.05) is 23.3 Å². The minimum absolute atomic E-state index is 0.0321. The molecule has 3 unspecified atom stereocenters. The monoisotopic (exact) mass is 600 g/mol. The lowest BCUT2D eigenvalue weighted by molar-refractivity contribution is -0.114. The van der Waals surface area contributed by atoms with E-state index >= 15 is 0 Å². The molecule has 1 aromatic carbocycles. The maximum atomic E-state index is 11.4. The summed E-state index contributed by atoms with van der Waals surface area (Å²) in [7, 11) is 0. The van der Waals surface area contributed by atoms with E-state index in [2.05, 4.69) is 71.9 Å². The fourth-order valence-corrected chi connectivity index (χ4v) is 9.35. The second kappa shape index (κ2) is 12.4. The zero-order valence-electron chi connectivity index (χ0n) is 28.1. The Labute approximate surface area is 266 Å². The van der Waals surface area contributed by atoms with Crippen LogP contribution in [0.15, 0.2) is 58.9 Å². The van der Waals surface area contributed by atoms with Gasteiger partial charge in [-0.25, -0.2) is 0 Å². The maximum absolute atomic E-state index is 11.4. The van der Waals surface area contributed by atoms with Crippen LogP contribution >= 0.6 is 0 Å². The highest BCUT2D eigenvalue weighted by molar-refractivity contribution is 5.54. The quantitative estimate of drug-likeness (QED) is 0.219. The third-order valence-electron chi connectivity index (χ3n) is 11.7. The van der Waals surface area contributed by atoms with Crippen LogP contribution in [-0.2, 0) is 11.2 Å². The summed E-state index contributed by atoms with van der Waals surface area (Å²) in [5.41, 5.74) is 5.74. The van der Waals surface area contributed by atoms with E-state index in [0.717, 1.165) is 81.3 Å². The Hall–Kier alpha value is -2.46. The largest absolute Gasteiger partial charge is 0.507 e. The predicted octanol–water partition coefficient (Wildman–Crippen LogP) is 9.86. The fourth-order valence-electron chi connectivity index (χ4n) is 9.35. The minimum atomic E-state index is -0.497. The zero-order chi connectivity index (χ0) is 31.2. The van der Waals surface area contributed by atoms with Gasteiger partial charge in [0.15, 0.2) is 0 Å². The molecule has 1 saturated heterocycles. The van der Waals surface area contributed by atoms with Crippen LogP contribution in [0.3, 0.4) is 0 Å². The molecule has 0 amide bonds. The van der Waals surface area contributed by atoms with Gasteiger partial charge in [0.05, 0.1) is 12.0 Å². The summed E-state index contributed by atoms with van der Waals surface area (Å²) in [6, 6.07) is 4.21. The normalized spacial score (nSPS) is 33.6. The van der Waals surface area contributed by atoms with Crippen LogP contribution in [0.5, 0.6) is 11.5 Å². The highest BCUT2D eigenvalue weighted by Crippen LogP contribution is 2.55. The molecule has 0 spiro atoms. The molecular weight excluding hydrogens is 544 g/mol. The van der Waals surface area contributed by atoms with Crippen molar-refractivity contribution in [3.8, 4) is 11.5 Å². The average molecular weight is 601 g/mol. The standard InChI is InChI=1S/C40H56O4/c1-7-8-9-12-27-21-34(42)38-30-20-26(3)15-17-32(30)40(6,44-36(38)24-27)18-11-10-13-28-22-33(41)37-29-19-25(2)14-16-31(29)39(4,5)43-35(37)23-28/h19-24,29-33,37,41-42H,7-18H2,1-6H3/t29-,30-,31-,32-,33?,37?,40?/m1/s1. The number of phenols is 1. The lowest BCUT2D eigenvalue weighted by Gasteiger charge is -2.52. The number of ether oxygens (including phenoxy) is 2. The van der Waals surface area contributed by atoms with Crippen molar-refractivity contribution < 1.29 is 19.7 Å². The third-order valence-corrected chi connectivity index (χ3v) is 11.7. The maximum Gasteiger partial charge on any atom is 0.127 e. The van der Waals surface area contributed by atoms with Crippen molar-refractivity contribution in [2.45, 2.75) is 142 Å². The van der Waals surface area contributed by atoms with Crippen LogP contribution in [0.25, 0.3) is 0 Å². The first-order chi connectivity index (χ1) is 21.0. The first kappa shape index (κ1) is 31.5. The number of aromatic hydroxyl groups is 1. The van der Waals surface area contributed by atoms with Gasteiger partial charge in [0.25, 0.3) is 0 Å². The fraction of sp³-hybridized carbons (Fsp3) is 0.650. The van der Waals surface area contributed by atoms with Gasteiger partial charge in [0.2, 0.25) is 0 Å². The lowest BCUT2D eigenvalue weighted by Crippen LogP contribution is -2.51. The topological polar surface area (TPSA) is 58.9 Å². The van der Waals surface area contributed by atoms with Crippen molar-refractivity contribution in [3.63, 3.8) is 0 Å². The summed E-state index contributed by atoms with van der Waals surface area (Å²) < 4.78 is 13.6. The van der Waals surface area contributed by atoms with E-state index in [-0.39, 0.29) is 23.0 Å². The smallest absolute Gasteiger partial charge is 0.127 e. The molecule has 44 heavy (non-hydrogen) atoms. The van der Waals surface area contributed by atoms with Crippen LogP contribution in [0.4, 0.5) is 0 Å². The number of hydrogen-bond donors (Lipinski definition) is 2. The highest BCUT2D eigenvalue weighted by Gasteiger charge is 2.51. The van der Waals surface area contributed by atoms with E-state index in [1.165, 1.54) is 35.1 Å². The third kappa shape index (κ3) is 6.05. The van der Waals surface area contributed by atoms with Crippen LogP contribution in [0.2, 0.25) is 0 Å². The summed E-state index contributed by atoms with van der Waals surface area (Å²) in [5, 5.41) is 22.6. The highest BCUT2D eigenvalue weighted by atomic mass is 16.5. The molecule has 240 valence electrons. The summed E-state index contributed by atoms with van der Waals surface area (Å²) in [6.45, 7) is 13.5. The van der Waals surface area contributed by atoms with Gasteiger partial charge < -0.3 is 19.7 Å². The number of aliphatic hydroxyl groups excluding tert-OH is 1. The number of unbranched alkanes of at least 4 members (excludes halogenated alkanes) is 3. The molecule has 0 bridgehead atoms. The first-order valence-electron chi connectivity index (χ1n) is 17.7. The first-order valence-corrected chi connectivity index (χ1v) is 17.7. The van der Waals surface area contributed by atoms with Gasteiger partial charge in [-0.2, -0.15) is 0 Å². The van der Waals surface area contributed by atoms with E-state index in [4.69, 9.17) is 9.47 Å². The number of phenolic OH excluding ortho intramolecular Hbond substituents is 1. The van der Waals surface area contributed by atoms with Crippen molar-refractivity contribution in [1.82, 2.24) is 0 Å². The van der Waals surface area contributed by atoms with Gasteiger partial charge in [-0.05, 0) is 134 Å². The number of allylic oxidation sites excluding steroid dienone is 6. The van der Waals surface area contributed by atoms with E-state index in [1.54, 1.807) is 0 Å². The van der Waals surface area contributed by atoms with Gasteiger partial charge in [-0.1, -0.05) is 49.1 Å². The van der Waals surface area contributed by atoms with E-state index < -0.39 is 6.10 Å². The predicted molar refractivity (Wildman–Crippen MR) is 179 cm³/mol. The summed E-state index contributed by atoms with van der Waals surface area (Å²) in [4.78, 5) is 0. The van der Waals surface area contributed by atoms with Crippen LogP contribution < -0.4 is 4.74 Å². The molecule has 0 saturated carbocycles. The number of benzene rings is 1. The Balaban J connectivity index is 1.15. The average Bonchev–Trinajstić information content (AvgIpc) is 2.94. The van der Waals surface area contributed by atoms with Gasteiger partial charge in [-0.15, -0.1) is 0 Å². The molecular formula is C40H56O4.